The minimum atomic E-state index is 0.673. The molecule has 1 N–H and O–H groups in total. The van der Waals surface area contributed by atoms with Crippen LogP contribution in [0.15, 0.2) is 42.1 Å². The van der Waals surface area contributed by atoms with E-state index in [1.54, 1.807) is 0 Å². The van der Waals surface area contributed by atoms with E-state index in [4.69, 9.17) is 0 Å². The van der Waals surface area contributed by atoms with Gasteiger partial charge in [0, 0.05) is 12.7 Å². The Morgan fingerprint density at radius 3 is 3.18 bits per heavy atom. The molecule has 2 heteroatoms. The molecule has 0 amide bonds. The van der Waals surface area contributed by atoms with Crippen LogP contribution < -0.4 is 5.32 Å². The van der Waals surface area contributed by atoms with Crippen molar-refractivity contribution >= 4 is 5.82 Å². The monoisotopic (exact) mass is 228 g/mol. The molecule has 1 aromatic heterocycles. The van der Waals surface area contributed by atoms with E-state index in [1.807, 2.05) is 12.3 Å². The van der Waals surface area contributed by atoms with Crippen molar-refractivity contribution in [1.82, 2.24) is 4.98 Å². The molecule has 1 heterocycles. The molecule has 0 bridgehead atoms. The molecule has 0 saturated heterocycles. The summed E-state index contributed by atoms with van der Waals surface area (Å²) in [4.78, 5) is 4.30. The third-order valence-corrected chi connectivity index (χ3v) is 3.01. The van der Waals surface area contributed by atoms with Gasteiger partial charge in [-0.25, -0.2) is 4.98 Å². The molecule has 1 atom stereocenters. The van der Waals surface area contributed by atoms with Crippen LogP contribution in [-0.2, 0) is 0 Å². The first-order valence-corrected chi connectivity index (χ1v) is 6.28. The fourth-order valence-electron chi connectivity index (χ4n) is 2.04. The summed E-state index contributed by atoms with van der Waals surface area (Å²) in [5.74, 6) is 1.63. The Balaban J connectivity index is 1.97. The molecule has 0 saturated carbocycles. The largest absolute Gasteiger partial charge is 0.366 e. The smallest absolute Gasteiger partial charge is 0.126 e. The lowest BCUT2D eigenvalue weighted by Crippen LogP contribution is -2.05. The zero-order valence-electron chi connectivity index (χ0n) is 10.6. The predicted molar refractivity (Wildman–Crippen MR) is 73.1 cm³/mol. The minimum absolute atomic E-state index is 0.673. The average molecular weight is 228 g/mol. The molecule has 90 valence electrons. The van der Waals surface area contributed by atoms with Crippen molar-refractivity contribution in [3.8, 4) is 0 Å². The van der Waals surface area contributed by atoms with Crippen molar-refractivity contribution in [3.63, 3.8) is 0 Å². The lowest BCUT2D eigenvalue weighted by molar-refractivity contribution is 0.660. The van der Waals surface area contributed by atoms with Crippen molar-refractivity contribution in [1.29, 1.82) is 0 Å². The van der Waals surface area contributed by atoms with Gasteiger partial charge in [-0.3, -0.25) is 0 Å². The van der Waals surface area contributed by atoms with Crippen LogP contribution in [0.4, 0.5) is 5.82 Å². The fraction of sp³-hybridized carbons (Fsp3) is 0.400. The van der Waals surface area contributed by atoms with Crippen molar-refractivity contribution in [3.05, 3.63) is 47.7 Å². The highest BCUT2D eigenvalue weighted by molar-refractivity contribution is 5.40. The lowest BCUT2D eigenvalue weighted by Gasteiger charge is -2.08. The second-order valence-corrected chi connectivity index (χ2v) is 4.77. The second kappa shape index (κ2) is 5.67. The second-order valence-electron chi connectivity index (χ2n) is 4.77. The molecular weight excluding hydrogens is 208 g/mol. The van der Waals surface area contributed by atoms with Crippen LogP contribution in [0.1, 0.15) is 25.3 Å². The molecule has 0 aliphatic heterocycles. The number of pyridine rings is 1. The van der Waals surface area contributed by atoms with E-state index in [9.17, 15) is 0 Å². The van der Waals surface area contributed by atoms with Crippen molar-refractivity contribution < 1.29 is 0 Å². The number of aromatic nitrogens is 1. The minimum Gasteiger partial charge on any atom is -0.366 e. The van der Waals surface area contributed by atoms with Crippen LogP contribution in [0, 0.1) is 12.8 Å². The first kappa shape index (κ1) is 11.9. The van der Waals surface area contributed by atoms with E-state index in [0.29, 0.717) is 5.92 Å². The molecule has 2 nitrogen and oxygen atoms in total. The summed E-state index contributed by atoms with van der Waals surface area (Å²) in [7, 11) is 0. The lowest BCUT2D eigenvalue weighted by atomic mass is 10.1. The van der Waals surface area contributed by atoms with Crippen LogP contribution in [0.25, 0.3) is 0 Å². The summed E-state index contributed by atoms with van der Waals surface area (Å²) in [5.41, 5.74) is 2.60. The van der Waals surface area contributed by atoms with Crippen molar-refractivity contribution in [2.24, 2.45) is 5.92 Å². The molecule has 0 fully saturated rings. The number of aryl methyl sites for hydroxylation is 1. The van der Waals surface area contributed by atoms with Gasteiger partial charge in [0.1, 0.15) is 5.82 Å². The highest BCUT2D eigenvalue weighted by Gasteiger charge is 2.03. The Kier molecular flexibility index (Phi) is 3.97. The third kappa shape index (κ3) is 3.74. The van der Waals surface area contributed by atoms with E-state index in [1.165, 1.54) is 24.0 Å². The van der Waals surface area contributed by atoms with Crippen LogP contribution >= 0.6 is 0 Å². The van der Waals surface area contributed by atoms with Gasteiger partial charge in [0.05, 0.1) is 0 Å². The number of hydrogen-bond acceptors (Lipinski definition) is 2. The summed E-state index contributed by atoms with van der Waals surface area (Å²) in [6.45, 7) is 5.22. The molecule has 2 rings (SSSR count). The molecule has 17 heavy (non-hydrogen) atoms. The molecule has 1 aliphatic rings. The number of nitrogens with one attached hydrogen (secondary N) is 1. The Morgan fingerprint density at radius 2 is 2.35 bits per heavy atom. The van der Waals surface area contributed by atoms with E-state index in [2.05, 4.69) is 48.4 Å². The summed E-state index contributed by atoms with van der Waals surface area (Å²) in [6.07, 6.45) is 11.1. The fourth-order valence-corrected chi connectivity index (χ4v) is 2.04. The zero-order chi connectivity index (χ0) is 12.1. The third-order valence-electron chi connectivity index (χ3n) is 3.01. The van der Waals surface area contributed by atoms with Crippen molar-refractivity contribution in [2.45, 2.75) is 26.7 Å². The summed E-state index contributed by atoms with van der Waals surface area (Å²) >= 11 is 0. The summed E-state index contributed by atoms with van der Waals surface area (Å²) in [6, 6.07) is 4.09. The van der Waals surface area contributed by atoms with Crippen LogP contribution in [0.3, 0.4) is 0 Å². The topological polar surface area (TPSA) is 24.9 Å². The molecule has 1 aliphatic carbocycles. The van der Waals surface area contributed by atoms with Gasteiger partial charge in [-0.15, -0.1) is 0 Å². The predicted octanol–water partition coefficient (Wildman–Crippen LogP) is 3.71. The van der Waals surface area contributed by atoms with Gasteiger partial charge in [-0.2, -0.15) is 0 Å². The molecule has 0 spiro atoms. The highest BCUT2D eigenvalue weighted by Crippen LogP contribution is 2.16. The van der Waals surface area contributed by atoms with Gasteiger partial charge in [0.15, 0.2) is 0 Å². The number of hydrogen-bond donors (Lipinski definition) is 1. The summed E-state index contributed by atoms with van der Waals surface area (Å²) in [5, 5.41) is 3.37. The van der Waals surface area contributed by atoms with Gasteiger partial charge in [0.2, 0.25) is 0 Å². The quantitative estimate of drug-likeness (QED) is 0.853. The first-order valence-electron chi connectivity index (χ1n) is 6.28. The Labute approximate surface area is 103 Å². The molecule has 0 aromatic carbocycles. The number of nitrogens with zero attached hydrogens (tertiary/aromatic N) is 1. The Hall–Kier alpha value is -1.57. The first-order chi connectivity index (χ1) is 8.24. The number of anilines is 1. The maximum Gasteiger partial charge on any atom is 0.126 e. The number of rotatable bonds is 3. The molecule has 0 radical (unpaired) electrons. The number of allylic oxidation sites excluding steroid dienone is 2. The standard InChI is InChI=1S/C15H20N2/c1-12-5-3-4-6-14(9-12)11-17-15-10-13(2)7-8-16-15/h4,6-10,12H,3,5,11H2,1-2H3,(H,16,17). The normalized spacial score (nSPS) is 19.6. The summed E-state index contributed by atoms with van der Waals surface area (Å²) < 4.78 is 0. The van der Waals surface area contributed by atoms with Gasteiger partial charge in [-0.1, -0.05) is 25.2 Å². The van der Waals surface area contributed by atoms with Gasteiger partial charge >= 0.3 is 0 Å². The maximum atomic E-state index is 4.30. The van der Waals surface area contributed by atoms with Gasteiger partial charge in [0.25, 0.3) is 0 Å². The molecular formula is C15H20N2. The van der Waals surface area contributed by atoms with E-state index >= 15 is 0 Å². The molecule has 1 unspecified atom stereocenters. The van der Waals surface area contributed by atoms with E-state index in [0.717, 1.165) is 12.4 Å². The van der Waals surface area contributed by atoms with Crippen LogP contribution in [0.5, 0.6) is 0 Å². The SMILES string of the molecule is Cc1ccnc(NCC2=CC(C)CCC=C2)c1. The average Bonchev–Trinajstić information content (AvgIpc) is 2.51. The Bertz CT molecular complexity index is 432. The van der Waals surface area contributed by atoms with Crippen molar-refractivity contribution in [2.75, 3.05) is 11.9 Å². The molecule has 1 aromatic rings. The van der Waals surface area contributed by atoms with Gasteiger partial charge < -0.3 is 5.32 Å². The highest BCUT2D eigenvalue weighted by atomic mass is 15.0. The zero-order valence-corrected chi connectivity index (χ0v) is 10.6. The van der Waals surface area contributed by atoms with E-state index in [-0.39, 0.29) is 0 Å². The van der Waals surface area contributed by atoms with Crippen LogP contribution in [-0.4, -0.2) is 11.5 Å². The Morgan fingerprint density at radius 1 is 1.47 bits per heavy atom. The maximum absolute atomic E-state index is 4.30. The van der Waals surface area contributed by atoms with E-state index < -0.39 is 0 Å². The van der Waals surface area contributed by atoms with Crippen LogP contribution in [0.2, 0.25) is 0 Å². The van der Waals surface area contributed by atoms with Gasteiger partial charge in [-0.05, 0) is 49.0 Å².